The molecular formula is C24H36N2O6S. The van der Waals surface area contributed by atoms with Crippen LogP contribution in [0.4, 0.5) is 0 Å². The van der Waals surface area contributed by atoms with E-state index in [4.69, 9.17) is 9.47 Å². The van der Waals surface area contributed by atoms with Gasteiger partial charge in [-0.3, -0.25) is 9.69 Å². The molecule has 8 nitrogen and oxygen atoms in total. The van der Waals surface area contributed by atoms with Gasteiger partial charge in [0.05, 0.1) is 29.3 Å². The van der Waals surface area contributed by atoms with E-state index in [0.29, 0.717) is 18.5 Å². The SMILES string of the molecule is CCCCN(C(=O)COC(=O)c1ccc(CN2CC(C)OC(C)C2)cc1)C1CCS(=O)(=O)C1. The van der Waals surface area contributed by atoms with Crippen molar-refractivity contribution in [2.75, 3.05) is 37.7 Å². The largest absolute Gasteiger partial charge is 0.452 e. The van der Waals surface area contributed by atoms with Gasteiger partial charge in [-0.2, -0.15) is 0 Å². The zero-order valence-electron chi connectivity index (χ0n) is 19.9. The predicted octanol–water partition coefficient (Wildman–Crippen LogP) is 2.27. The van der Waals surface area contributed by atoms with Gasteiger partial charge in [0.25, 0.3) is 5.91 Å². The van der Waals surface area contributed by atoms with E-state index in [1.54, 1.807) is 17.0 Å². The van der Waals surface area contributed by atoms with Crippen molar-refractivity contribution in [3.8, 4) is 0 Å². The Kier molecular flexibility index (Phi) is 8.89. The maximum atomic E-state index is 12.7. The second-order valence-corrected chi connectivity index (χ2v) is 11.5. The lowest BCUT2D eigenvalue weighted by Crippen LogP contribution is -2.44. The van der Waals surface area contributed by atoms with E-state index in [2.05, 4.69) is 18.7 Å². The number of carbonyl (C=O) groups is 2. The first-order chi connectivity index (χ1) is 15.7. The molecule has 2 heterocycles. The quantitative estimate of drug-likeness (QED) is 0.501. The molecule has 9 heteroatoms. The van der Waals surface area contributed by atoms with E-state index >= 15 is 0 Å². The molecule has 2 aliphatic heterocycles. The highest BCUT2D eigenvalue weighted by Gasteiger charge is 2.34. The van der Waals surface area contributed by atoms with Gasteiger partial charge < -0.3 is 14.4 Å². The first-order valence-electron chi connectivity index (χ1n) is 11.8. The van der Waals surface area contributed by atoms with Gasteiger partial charge in [0.15, 0.2) is 16.4 Å². The van der Waals surface area contributed by atoms with Crippen LogP contribution in [0, 0.1) is 0 Å². The van der Waals surface area contributed by atoms with Crippen LogP contribution in [0.25, 0.3) is 0 Å². The van der Waals surface area contributed by atoms with Crippen LogP contribution in [-0.4, -0.2) is 86.1 Å². The molecule has 0 aromatic heterocycles. The fraction of sp³-hybridized carbons (Fsp3) is 0.667. The third-order valence-electron chi connectivity index (χ3n) is 6.14. The summed E-state index contributed by atoms with van der Waals surface area (Å²) in [7, 11) is -3.11. The standard InChI is InChI=1S/C24H36N2O6S/c1-4-5-11-26(22-10-12-33(29,30)17-22)23(27)16-31-24(28)21-8-6-20(7-9-21)15-25-13-18(2)32-19(3)14-25/h6-9,18-19,22H,4-5,10-17H2,1-3H3. The van der Waals surface area contributed by atoms with Gasteiger partial charge >= 0.3 is 5.97 Å². The van der Waals surface area contributed by atoms with Gasteiger partial charge in [0.2, 0.25) is 0 Å². The van der Waals surface area contributed by atoms with Crippen LogP contribution in [0.3, 0.4) is 0 Å². The van der Waals surface area contributed by atoms with Gasteiger partial charge in [-0.05, 0) is 44.4 Å². The number of unbranched alkanes of at least 4 members (excludes halogenated alkanes) is 1. The van der Waals surface area contributed by atoms with Gasteiger partial charge in [0.1, 0.15) is 0 Å². The van der Waals surface area contributed by atoms with Gasteiger partial charge in [0, 0.05) is 32.2 Å². The number of morpholine rings is 1. The highest BCUT2D eigenvalue weighted by Crippen LogP contribution is 2.19. The molecule has 3 unspecified atom stereocenters. The molecule has 0 saturated carbocycles. The Hall–Kier alpha value is -1.97. The summed E-state index contributed by atoms with van der Waals surface area (Å²) in [4.78, 5) is 29.1. The Bertz CT molecular complexity index is 907. The molecule has 0 aliphatic carbocycles. The topological polar surface area (TPSA) is 93.2 Å². The lowest BCUT2D eigenvalue weighted by molar-refractivity contribution is -0.136. The average molecular weight is 481 g/mol. The molecule has 184 valence electrons. The molecule has 0 N–H and O–H groups in total. The van der Waals surface area contributed by atoms with E-state index in [1.807, 2.05) is 19.1 Å². The third kappa shape index (κ3) is 7.52. The van der Waals surface area contributed by atoms with E-state index in [-0.39, 0.29) is 42.3 Å². The highest BCUT2D eigenvalue weighted by atomic mass is 32.2. The van der Waals surface area contributed by atoms with Gasteiger partial charge in [-0.25, -0.2) is 13.2 Å². The molecule has 3 atom stereocenters. The maximum Gasteiger partial charge on any atom is 0.338 e. The Morgan fingerprint density at radius 3 is 2.39 bits per heavy atom. The fourth-order valence-corrected chi connectivity index (χ4v) is 6.30. The molecule has 0 spiro atoms. The van der Waals surface area contributed by atoms with Crippen molar-refractivity contribution >= 4 is 21.7 Å². The predicted molar refractivity (Wildman–Crippen MR) is 126 cm³/mol. The van der Waals surface area contributed by atoms with Crippen LogP contribution in [0.2, 0.25) is 0 Å². The van der Waals surface area contributed by atoms with Crippen molar-refractivity contribution < 1.29 is 27.5 Å². The lowest BCUT2D eigenvalue weighted by atomic mass is 10.1. The number of amides is 1. The molecule has 0 bridgehead atoms. The Labute approximate surface area is 197 Å². The van der Waals surface area contributed by atoms with Crippen LogP contribution in [-0.2, 0) is 30.7 Å². The zero-order chi connectivity index (χ0) is 24.0. The highest BCUT2D eigenvalue weighted by molar-refractivity contribution is 7.91. The Balaban J connectivity index is 1.53. The summed E-state index contributed by atoms with van der Waals surface area (Å²) in [5.41, 5.74) is 1.48. The molecule has 1 amide bonds. The summed E-state index contributed by atoms with van der Waals surface area (Å²) >= 11 is 0. The molecule has 33 heavy (non-hydrogen) atoms. The summed E-state index contributed by atoms with van der Waals surface area (Å²) in [6, 6.07) is 6.90. The van der Waals surface area contributed by atoms with Crippen molar-refractivity contribution in [2.45, 2.75) is 64.8 Å². The van der Waals surface area contributed by atoms with Crippen LogP contribution < -0.4 is 0 Å². The molecule has 1 aromatic carbocycles. The fourth-order valence-electron chi connectivity index (χ4n) is 4.57. The molecule has 2 fully saturated rings. The van der Waals surface area contributed by atoms with Crippen molar-refractivity contribution in [1.29, 1.82) is 0 Å². The first-order valence-corrected chi connectivity index (χ1v) is 13.6. The molecular weight excluding hydrogens is 444 g/mol. The number of esters is 1. The smallest absolute Gasteiger partial charge is 0.338 e. The van der Waals surface area contributed by atoms with Crippen LogP contribution in [0.15, 0.2) is 24.3 Å². The Morgan fingerprint density at radius 1 is 1.15 bits per heavy atom. The molecule has 2 saturated heterocycles. The Morgan fingerprint density at radius 2 is 1.82 bits per heavy atom. The second kappa shape index (κ2) is 11.4. The summed E-state index contributed by atoms with van der Waals surface area (Å²) < 4.78 is 34.7. The van der Waals surface area contributed by atoms with E-state index < -0.39 is 15.8 Å². The summed E-state index contributed by atoms with van der Waals surface area (Å²) in [5.74, 6) is -0.815. The van der Waals surface area contributed by atoms with Gasteiger partial charge in [-0.1, -0.05) is 25.5 Å². The normalized spacial score (nSPS) is 25.0. The minimum Gasteiger partial charge on any atom is -0.452 e. The monoisotopic (exact) mass is 480 g/mol. The van der Waals surface area contributed by atoms with Crippen LogP contribution in [0.5, 0.6) is 0 Å². The number of nitrogens with zero attached hydrogens (tertiary/aromatic N) is 2. The number of sulfone groups is 1. The van der Waals surface area contributed by atoms with Crippen LogP contribution in [0.1, 0.15) is 56.0 Å². The van der Waals surface area contributed by atoms with E-state index in [9.17, 15) is 18.0 Å². The number of ether oxygens (including phenoxy) is 2. The van der Waals surface area contributed by atoms with E-state index in [0.717, 1.165) is 38.0 Å². The number of rotatable bonds is 9. The summed E-state index contributed by atoms with van der Waals surface area (Å²) in [6.07, 6.45) is 2.49. The number of carbonyl (C=O) groups excluding carboxylic acids is 2. The maximum absolute atomic E-state index is 12.7. The van der Waals surface area contributed by atoms with Crippen molar-refractivity contribution in [2.24, 2.45) is 0 Å². The minimum absolute atomic E-state index is 0.0153. The summed E-state index contributed by atoms with van der Waals surface area (Å²) in [5, 5.41) is 0. The minimum atomic E-state index is -3.11. The summed E-state index contributed by atoms with van der Waals surface area (Å²) in [6.45, 7) is 8.75. The van der Waals surface area contributed by atoms with Crippen molar-refractivity contribution in [3.05, 3.63) is 35.4 Å². The number of benzene rings is 1. The van der Waals surface area contributed by atoms with Crippen molar-refractivity contribution in [3.63, 3.8) is 0 Å². The number of hydrogen-bond donors (Lipinski definition) is 0. The van der Waals surface area contributed by atoms with Crippen LogP contribution >= 0.6 is 0 Å². The molecule has 2 aliphatic rings. The molecule has 3 rings (SSSR count). The third-order valence-corrected chi connectivity index (χ3v) is 7.89. The lowest BCUT2D eigenvalue weighted by Gasteiger charge is -2.35. The van der Waals surface area contributed by atoms with Crippen molar-refractivity contribution in [1.82, 2.24) is 9.80 Å². The van der Waals surface area contributed by atoms with Gasteiger partial charge in [-0.15, -0.1) is 0 Å². The zero-order valence-corrected chi connectivity index (χ0v) is 20.7. The molecule has 1 aromatic rings. The number of hydrogen-bond acceptors (Lipinski definition) is 7. The molecule has 0 radical (unpaired) electrons. The first kappa shape index (κ1) is 25.6. The van der Waals surface area contributed by atoms with E-state index in [1.165, 1.54) is 0 Å². The second-order valence-electron chi connectivity index (χ2n) is 9.22. The average Bonchev–Trinajstić information content (AvgIpc) is 3.11.